The first-order valence-electron chi connectivity index (χ1n) is 19.6. The van der Waals surface area contributed by atoms with E-state index in [9.17, 15) is 0 Å². The Kier molecular flexibility index (Phi) is 24.4. The van der Waals surface area contributed by atoms with Crippen molar-refractivity contribution in [1.29, 1.82) is 0 Å². The second-order valence-corrected chi connectivity index (χ2v) is 14.9. The summed E-state index contributed by atoms with van der Waals surface area (Å²) in [4.78, 5) is 13.2. The lowest BCUT2D eigenvalue weighted by Crippen LogP contribution is -2.50. The van der Waals surface area contributed by atoms with Crippen LogP contribution in [0.3, 0.4) is 0 Å². The molecule has 0 fully saturated rings. The van der Waals surface area contributed by atoms with Gasteiger partial charge >= 0.3 is 0 Å². The summed E-state index contributed by atoms with van der Waals surface area (Å²) in [7, 11) is 0. The Hall–Kier alpha value is -1.55. The topological polar surface area (TPSA) is 18.5 Å². The number of unbranched alkanes of at least 4 members (excludes halogenated alkanes) is 13. The molecule has 0 aliphatic carbocycles. The number of hydroxylamine groups is 4. The third kappa shape index (κ3) is 18.7. The average Bonchev–Trinajstić information content (AvgIpc) is 3.03. The van der Waals surface area contributed by atoms with Crippen LogP contribution in [0.2, 0.25) is 0 Å². The Morgan fingerprint density at radius 1 is 0.638 bits per heavy atom. The molecule has 0 saturated heterocycles. The van der Waals surface area contributed by atoms with Gasteiger partial charge in [0.2, 0.25) is 0 Å². The van der Waals surface area contributed by atoms with E-state index in [0.717, 1.165) is 31.0 Å². The third-order valence-electron chi connectivity index (χ3n) is 9.20. The lowest BCUT2D eigenvalue weighted by atomic mass is 9.92. The zero-order chi connectivity index (χ0) is 34.9. The summed E-state index contributed by atoms with van der Waals surface area (Å²) in [6.45, 7) is 21.9. The molecule has 0 bridgehead atoms. The fraction of sp³-hybridized carbons (Fsp3) is 0.721. The van der Waals surface area contributed by atoms with Crippen LogP contribution in [-0.4, -0.2) is 23.8 Å². The van der Waals surface area contributed by atoms with Crippen LogP contribution in [0.25, 0.3) is 0 Å². The van der Waals surface area contributed by atoms with Gasteiger partial charge in [0.1, 0.15) is 13.2 Å². The zero-order valence-corrected chi connectivity index (χ0v) is 33.2. The van der Waals surface area contributed by atoms with Gasteiger partial charge in [-0.3, -0.25) is 4.84 Å². The van der Waals surface area contributed by atoms with Crippen molar-refractivity contribution in [2.24, 2.45) is 11.8 Å². The summed E-state index contributed by atoms with van der Waals surface area (Å²) in [6.07, 6.45) is 21.9. The number of hydrogen-bond donors (Lipinski definition) is 0. The van der Waals surface area contributed by atoms with E-state index in [4.69, 9.17) is 21.3 Å². The molecular weight excluding hydrogens is 598 g/mol. The molecule has 0 N–H and O–H groups in total. The van der Waals surface area contributed by atoms with E-state index in [1.54, 1.807) is 0 Å². The van der Waals surface area contributed by atoms with Crippen molar-refractivity contribution in [2.45, 2.75) is 172 Å². The van der Waals surface area contributed by atoms with E-state index in [1.807, 2.05) is 6.92 Å². The fourth-order valence-corrected chi connectivity index (χ4v) is 6.47. The highest BCUT2D eigenvalue weighted by Gasteiger charge is 2.34. The van der Waals surface area contributed by atoms with Gasteiger partial charge < -0.3 is 0 Å². The van der Waals surface area contributed by atoms with Gasteiger partial charge in [-0.05, 0) is 81.5 Å². The summed E-state index contributed by atoms with van der Waals surface area (Å²) in [5, 5.41) is 0. The SMILES string of the molecule is CCCCCCCCCCCCCCCCCl.CCO[N+](CC)(Cc1cccc(C)c1C)Oc1cccc(CC(C)C)c1CC(C)C. The van der Waals surface area contributed by atoms with Crippen molar-refractivity contribution in [1.82, 2.24) is 0 Å². The van der Waals surface area contributed by atoms with Crippen LogP contribution in [0.1, 0.15) is 166 Å². The maximum Gasteiger partial charge on any atom is 0.198 e. The number of hydrogen-bond acceptors (Lipinski definition) is 2. The molecule has 0 aliphatic rings. The lowest BCUT2D eigenvalue weighted by Gasteiger charge is -2.33. The maximum atomic E-state index is 6.76. The van der Waals surface area contributed by atoms with Crippen LogP contribution < -0.4 is 4.84 Å². The minimum absolute atomic E-state index is 0.150. The van der Waals surface area contributed by atoms with E-state index >= 15 is 0 Å². The number of quaternary nitrogens is 1. The number of rotatable bonds is 25. The lowest BCUT2D eigenvalue weighted by molar-refractivity contribution is -1.23. The molecule has 270 valence electrons. The molecule has 2 aromatic carbocycles. The van der Waals surface area contributed by atoms with Crippen molar-refractivity contribution in [3.8, 4) is 5.75 Å². The molecule has 0 aromatic heterocycles. The molecular formula is C43H75ClNO2+. The van der Waals surface area contributed by atoms with Crippen LogP contribution in [0.15, 0.2) is 36.4 Å². The summed E-state index contributed by atoms with van der Waals surface area (Å²) in [5.41, 5.74) is 6.62. The minimum atomic E-state index is 0.150. The minimum Gasteiger partial charge on any atom is -0.280 e. The van der Waals surface area contributed by atoms with Gasteiger partial charge in [-0.1, -0.05) is 148 Å². The molecule has 3 nitrogen and oxygen atoms in total. The van der Waals surface area contributed by atoms with E-state index in [2.05, 4.69) is 91.8 Å². The van der Waals surface area contributed by atoms with Gasteiger partial charge in [-0.2, -0.15) is 4.84 Å². The Morgan fingerprint density at radius 2 is 1.15 bits per heavy atom. The highest BCUT2D eigenvalue weighted by atomic mass is 35.5. The van der Waals surface area contributed by atoms with E-state index in [-0.39, 0.29) is 4.81 Å². The van der Waals surface area contributed by atoms with E-state index in [0.29, 0.717) is 25.0 Å². The largest absolute Gasteiger partial charge is 0.280 e. The number of halogens is 1. The normalized spacial score (nSPS) is 12.7. The van der Waals surface area contributed by atoms with E-state index in [1.165, 1.54) is 118 Å². The smallest absolute Gasteiger partial charge is 0.198 e. The number of aryl methyl sites for hydroxylation is 1. The predicted octanol–water partition coefficient (Wildman–Crippen LogP) is 13.7. The summed E-state index contributed by atoms with van der Waals surface area (Å²) < 4.78 is 0. The van der Waals surface area contributed by atoms with Crippen molar-refractivity contribution in [3.05, 3.63) is 64.2 Å². The summed E-state index contributed by atoms with van der Waals surface area (Å²) >= 11 is 5.64. The Balaban J connectivity index is 0.000000554. The molecule has 2 aromatic rings. The monoisotopic (exact) mass is 673 g/mol. The molecule has 47 heavy (non-hydrogen) atoms. The highest BCUT2D eigenvalue weighted by molar-refractivity contribution is 6.17. The van der Waals surface area contributed by atoms with Gasteiger partial charge in [-0.15, -0.1) is 11.6 Å². The number of benzene rings is 2. The van der Waals surface area contributed by atoms with Crippen LogP contribution in [0.5, 0.6) is 5.75 Å². The standard InChI is InChI=1S/C27H42NO2.C16H33Cl/c1-9-28(29-10-2,19-25-15-11-13-22(7)23(25)8)30-27-16-12-14-24(17-20(3)4)26(27)18-21(5)6;1-2-3-4-5-6-7-8-9-10-11-12-13-14-15-16-17/h11-16,20-21H,9-10,17-19H2,1-8H3;2-16H2,1H3/q+1;. The summed E-state index contributed by atoms with van der Waals surface area (Å²) in [5.74, 6) is 2.98. The molecule has 0 spiro atoms. The van der Waals surface area contributed by atoms with Gasteiger partial charge in [0.15, 0.2) is 12.3 Å². The number of nitrogens with zero attached hydrogens (tertiary/aromatic N) is 1. The molecule has 0 heterocycles. The van der Waals surface area contributed by atoms with Gasteiger partial charge in [0.05, 0.1) is 0 Å². The Bertz CT molecular complexity index is 1040. The van der Waals surface area contributed by atoms with Crippen LogP contribution in [-0.2, 0) is 24.2 Å². The third-order valence-corrected chi connectivity index (χ3v) is 9.46. The second kappa shape index (κ2) is 26.3. The Morgan fingerprint density at radius 3 is 1.64 bits per heavy atom. The average molecular weight is 674 g/mol. The fourth-order valence-electron chi connectivity index (χ4n) is 6.29. The first-order chi connectivity index (χ1) is 22.6. The van der Waals surface area contributed by atoms with E-state index < -0.39 is 0 Å². The zero-order valence-electron chi connectivity index (χ0n) is 32.4. The molecule has 0 saturated carbocycles. The summed E-state index contributed by atoms with van der Waals surface area (Å²) in [6, 6.07) is 13.0. The van der Waals surface area contributed by atoms with Gasteiger partial charge in [-0.25, -0.2) is 0 Å². The molecule has 0 amide bonds. The van der Waals surface area contributed by atoms with Crippen molar-refractivity contribution in [2.75, 3.05) is 19.0 Å². The first kappa shape index (κ1) is 43.5. The van der Waals surface area contributed by atoms with Gasteiger partial charge in [0.25, 0.3) is 0 Å². The quantitative estimate of drug-likeness (QED) is 0.0452. The molecule has 1 atom stereocenters. The van der Waals surface area contributed by atoms with Gasteiger partial charge in [0, 0.05) is 21.8 Å². The molecule has 1 unspecified atom stereocenters. The molecule has 0 radical (unpaired) electrons. The molecule has 2 rings (SSSR count). The molecule has 4 heteroatoms. The van der Waals surface area contributed by atoms with Crippen molar-refractivity contribution >= 4 is 11.6 Å². The van der Waals surface area contributed by atoms with Crippen LogP contribution in [0, 0.1) is 25.7 Å². The Labute approximate surface area is 297 Å². The number of alkyl halides is 1. The predicted molar refractivity (Wildman–Crippen MR) is 207 cm³/mol. The molecule has 0 aliphatic heterocycles. The first-order valence-corrected chi connectivity index (χ1v) is 20.1. The highest BCUT2D eigenvalue weighted by Crippen LogP contribution is 2.31. The van der Waals surface area contributed by atoms with Crippen molar-refractivity contribution < 1.29 is 14.5 Å². The maximum absolute atomic E-state index is 6.76. The van der Waals surface area contributed by atoms with Crippen molar-refractivity contribution in [3.63, 3.8) is 0 Å². The second-order valence-electron chi connectivity index (χ2n) is 14.5. The van der Waals surface area contributed by atoms with Crippen LogP contribution in [0.4, 0.5) is 0 Å². The van der Waals surface area contributed by atoms with Crippen LogP contribution >= 0.6 is 11.6 Å².